The second-order valence-corrected chi connectivity index (χ2v) is 17.9. The monoisotopic (exact) mass is 794 g/mol. The van der Waals surface area contributed by atoms with Crippen LogP contribution in [0, 0.1) is 0 Å². The Bertz CT molecular complexity index is 405. The molecule has 4 nitrogen and oxygen atoms in total. The third-order valence-corrected chi connectivity index (χ3v) is 11.0. The van der Waals surface area contributed by atoms with Crippen LogP contribution in [-0.2, 0) is 59.5 Å². The van der Waals surface area contributed by atoms with E-state index in [0.717, 1.165) is 0 Å². The van der Waals surface area contributed by atoms with Crippen LogP contribution in [0.2, 0.25) is 15.0 Å². The van der Waals surface area contributed by atoms with E-state index in [4.69, 9.17) is 19.2 Å². The molecule has 44 heavy (non-hydrogen) atoms. The molecule has 0 heterocycles. The molecule has 0 aliphatic heterocycles. The third-order valence-electron chi connectivity index (χ3n) is 7.81. The van der Waals surface area contributed by atoms with Crippen LogP contribution < -0.4 is 14.7 Å². The summed E-state index contributed by atoms with van der Waals surface area (Å²) >= 11 is 4.49. The first kappa shape index (κ1) is 52.8. The molecule has 0 aliphatic carbocycles. The van der Waals surface area contributed by atoms with Crippen molar-refractivity contribution < 1.29 is 74.2 Å². The molecule has 0 atom stereocenters. The fraction of sp³-hybridized carbons (Fsp3) is 1.00. The van der Waals surface area contributed by atoms with Crippen LogP contribution in [0.15, 0.2) is 0 Å². The molecular formula is C36H75O4PZn3. The summed E-state index contributed by atoms with van der Waals surface area (Å²) in [6.07, 6.45) is 44.2. The summed E-state index contributed by atoms with van der Waals surface area (Å²) in [6, 6.07) is 0. The summed E-state index contributed by atoms with van der Waals surface area (Å²) in [5, 5.41) is 4.49. The van der Waals surface area contributed by atoms with Gasteiger partial charge in [-0.2, -0.15) is 7.82 Å². The van der Waals surface area contributed by atoms with Crippen LogP contribution in [0.1, 0.15) is 213 Å². The molecule has 0 N–H and O–H groups in total. The molecule has 0 aromatic heterocycles. The fourth-order valence-corrected chi connectivity index (χ4v) is 7.22. The molecule has 0 unspecified atom stereocenters. The number of phosphoric acid groups is 1. The maximum absolute atomic E-state index is 8.55. The van der Waals surface area contributed by atoms with Crippen molar-refractivity contribution in [2.75, 3.05) is 0 Å². The van der Waals surface area contributed by atoms with E-state index in [-0.39, 0.29) is 0 Å². The van der Waals surface area contributed by atoms with Crippen molar-refractivity contribution in [3.63, 3.8) is 0 Å². The van der Waals surface area contributed by atoms with E-state index < -0.39 is 7.82 Å². The normalized spacial score (nSPS) is 10.8. The molecule has 0 radical (unpaired) electrons. The van der Waals surface area contributed by atoms with Gasteiger partial charge in [-0.1, -0.05) is 0 Å². The molecule has 0 amide bonds. The first-order chi connectivity index (χ1) is 21.2. The van der Waals surface area contributed by atoms with Gasteiger partial charge in [0.25, 0.3) is 0 Å². The van der Waals surface area contributed by atoms with E-state index in [1.54, 1.807) is 0 Å². The standard InChI is InChI=1S/3C12H25.H3O4P.3Zn/c3*1-3-5-7-9-11-12-10-8-6-4-2;1-5(2,3)4;;;/h3*1,3-12H2,2H3;(H3,1,2,3,4);;;/q;;;;3*+1/p-3. The Kier molecular flexibility index (Phi) is 62.2. The minimum Gasteiger partial charge on any atom is -0.822 e. The zero-order chi connectivity index (χ0) is 33.8. The Morgan fingerprint density at radius 2 is 0.432 bits per heavy atom. The second-order valence-electron chi connectivity index (χ2n) is 12.6. The Morgan fingerprint density at radius 1 is 0.318 bits per heavy atom. The molecule has 0 fully saturated rings. The Morgan fingerprint density at radius 3 is 0.545 bits per heavy atom. The topological polar surface area (TPSA) is 86.2 Å². The van der Waals surface area contributed by atoms with Crippen LogP contribution in [0.25, 0.3) is 0 Å². The van der Waals surface area contributed by atoms with Gasteiger partial charge < -0.3 is 19.2 Å². The van der Waals surface area contributed by atoms with Crippen molar-refractivity contribution in [3.05, 3.63) is 0 Å². The average molecular weight is 799 g/mol. The van der Waals surface area contributed by atoms with Crippen molar-refractivity contribution in [2.45, 2.75) is 228 Å². The Balaban J connectivity index is -0.000000253. The minimum absolute atomic E-state index is 1.38. The second kappa shape index (κ2) is 51.8. The smallest absolute Gasteiger partial charge is 0.159 e. The molecule has 8 heteroatoms. The minimum atomic E-state index is -5.39. The van der Waals surface area contributed by atoms with Gasteiger partial charge >= 0.3 is 283 Å². The summed E-state index contributed by atoms with van der Waals surface area (Å²) in [5.74, 6) is 0. The summed E-state index contributed by atoms with van der Waals surface area (Å²) in [7, 11) is -5.39. The molecule has 0 aromatic carbocycles. The number of hydrogen-bond donors (Lipinski definition) is 0. The van der Waals surface area contributed by atoms with Crippen molar-refractivity contribution in [1.82, 2.24) is 0 Å². The van der Waals surface area contributed by atoms with Crippen molar-refractivity contribution in [1.29, 1.82) is 0 Å². The van der Waals surface area contributed by atoms with E-state index >= 15 is 0 Å². The van der Waals surface area contributed by atoms with E-state index in [9.17, 15) is 0 Å². The molecule has 0 rings (SSSR count). The van der Waals surface area contributed by atoms with Gasteiger partial charge in [-0.15, -0.1) is 0 Å². The first-order valence-electron chi connectivity index (χ1n) is 19.4. The van der Waals surface area contributed by atoms with Crippen molar-refractivity contribution in [3.8, 4) is 0 Å². The zero-order valence-corrected chi connectivity index (χ0v) is 40.3. The number of rotatable bonds is 30. The molecule has 0 saturated carbocycles. The maximum atomic E-state index is 8.55. The van der Waals surface area contributed by atoms with Gasteiger partial charge in [0.15, 0.2) is 0 Å². The van der Waals surface area contributed by atoms with Gasteiger partial charge in [0, 0.05) is 0 Å². The van der Waals surface area contributed by atoms with Gasteiger partial charge in [-0.05, 0) is 0 Å². The molecule has 254 valence electrons. The Labute approximate surface area is 308 Å². The summed E-state index contributed by atoms with van der Waals surface area (Å²) in [4.78, 5) is 25.6. The van der Waals surface area contributed by atoms with Crippen LogP contribution in [0.3, 0.4) is 0 Å². The molecule has 0 aromatic rings. The number of hydrogen-bond acceptors (Lipinski definition) is 4. The van der Waals surface area contributed by atoms with E-state index in [1.807, 2.05) is 0 Å². The van der Waals surface area contributed by atoms with Gasteiger partial charge in [-0.25, -0.2) is 0 Å². The quantitative estimate of drug-likeness (QED) is 0.0411. The summed E-state index contributed by atoms with van der Waals surface area (Å²) in [6.45, 7) is 6.86. The number of unbranched alkanes of at least 4 members (excludes halogenated alkanes) is 27. The summed E-state index contributed by atoms with van der Waals surface area (Å²) < 4.78 is 8.55. The van der Waals surface area contributed by atoms with Crippen molar-refractivity contribution >= 4 is 7.82 Å². The SMILES string of the molecule is CCCCCCCCCCC[CH2][Zn+].CCCCCCCCCCC[CH2][Zn+].CCCCCCCCCCC[CH2][Zn+].O=P([O-])([O-])[O-]. The first-order valence-corrected chi connectivity index (χ1v) is 27.1. The van der Waals surface area contributed by atoms with Gasteiger partial charge in [0.1, 0.15) is 0 Å². The average Bonchev–Trinajstić information content (AvgIpc) is 2.98. The molecule has 0 aliphatic rings. The fourth-order valence-electron chi connectivity index (χ4n) is 4.99. The zero-order valence-electron chi connectivity index (χ0n) is 30.5. The molecule has 0 saturated heterocycles. The van der Waals surface area contributed by atoms with Crippen LogP contribution in [0.5, 0.6) is 0 Å². The van der Waals surface area contributed by atoms with Crippen molar-refractivity contribution in [2.24, 2.45) is 0 Å². The van der Waals surface area contributed by atoms with E-state index in [0.29, 0.717) is 0 Å². The predicted molar refractivity (Wildman–Crippen MR) is 178 cm³/mol. The maximum Gasteiger partial charge on any atom is -0.159 e. The molecule has 0 bridgehead atoms. The van der Waals surface area contributed by atoms with Crippen LogP contribution in [-0.4, -0.2) is 0 Å². The predicted octanol–water partition coefficient (Wildman–Crippen LogP) is 11.8. The van der Waals surface area contributed by atoms with Crippen LogP contribution in [0.4, 0.5) is 0 Å². The molecule has 0 spiro atoms. The van der Waals surface area contributed by atoms with Crippen LogP contribution >= 0.6 is 7.82 Å². The summed E-state index contributed by atoms with van der Waals surface area (Å²) in [5.41, 5.74) is 0. The largest absolute Gasteiger partial charge is 0.822 e. The van der Waals surface area contributed by atoms with Gasteiger partial charge in [-0.3, -0.25) is 0 Å². The Hall–Kier alpha value is 1.98. The van der Waals surface area contributed by atoms with E-state index in [2.05, 4.69) is 20.8 Å². The third kappa shape index (κ3) is 79.4. The van der Waals surface area contributed by atoms with Gasteiger partial charge in [0.2, 0.25) is 0 Å². The van der Waals surface area contributed by atoms with Gasteiger partial charge in [0.05, 0.1) is 0 Å². The van der Waals surface area contributed by atoms with E-state index in [1.165, 1.54) is 263 Å². The molecular weight excluding hydrogens is 724 g/mol.